The number of likely N-dealkylation sites (N-methyl/N-ethyl adjacent to an activating group) is 1. The van der Waals surface area contributed by atoms with Gasteiger partial charge in [-0.1, -0.05) is 289 Å². The van der Waals surface area contributed by atoms with E-state index in [1.165, 1.54) is 257 Å². The maximum absolute atomic E-state index is 13.0. The van der Waals surface area contributed by atoms with Gasteiger partial charge in [-0.2, -0.15) is 0 Å². The van der Waals surface area contributed by atoms with E-state index in [-0.39, 0.29) is 19.1 Å². The van der Waals surface area contributed by atoms with Crippen LogP contribution in [0.1, 0.15) is 322 Å². The van der Waals surface area contributed by atoms with E-state index in [1.54, 1.807) is 0 Å². The number of phosphoric ester groups is 1. The van der Waals surface area contributed by atoms with Gasteiger partial charge >= 0.3 is 7.82 Å². The SMILES string of the molecule is CCCCCCCCCCCCCC/C=C\CCCCCCCCCCCCCC(=O)NC(COP(=O)(O)OCC[N+](C)(C)C)C(O)CCCCCCCCCCCCCCCCCCCCCCC. The number of phosphoric acid groups is 1. The van der Waals surface area contributed by atoms with Crippen LogP contribution < -0.4 is 5.32 Å². The molecule has 0 aromatic carbocycles. The van der Waals surface area contributed by atoms with Gasteiger partial charge in [-0.05, 0) is 38.5 Å². The summed E-state index contributed by atoms with van der Waals surface area (Å²) in [5.41, 5.74) is 0. The van der Waals surface area contributed by atoms with E-state index in [0.717, 1.165) is 38.5 Å². The highest BCUT2D eigenvalue weighted by molar-refractivity contribution is 7.47. The van der Waals surface area contributed by atoms with Crippen LogP contribution in [-0.4, -0.2) is 73.4 Å². The number of carbonyl (C=O) groups excluding carboxylic acids is 1. The van der Waals surface area contributed by atoms with Crippen LogP contribution in [0.2, 0.25) is 0 Å². The van der Waals surface area contributed by atoms with Crippen LogP contribution in [0.25, 0.3) is 0 Å². The number of hydrogen-bond acceptors (Lipinski definition) is 5. The summed E-state index contributed by atoms with van der Waals surface area (Å²) in [5, 5.41) is 14.1. The average Bonchev–Trinajstić information content (AvgIpc) is 3.32. The molecule has 3 atom stereocenters. The lowest BCUT2D eigenvalue weighted by molar-refractivity contribution is -0.870. The number of carbonyl (C=O) groups is 1. The molecule has 8 nitrogen and oxygen atoms in total. The number of nitrogens with one attached hydrogen (secondary N) is 1. The number of nitrogens with zero attached hydrogens (tertiary/aromatic N) is 1. The molecule has 3 unspecified atom stereocenters. The minimum atomic E-state index is -4.32. The van der Waals surface area contributed by atoms with Crippen molar-refractivity contribution in [3.8, 4) is 0 Å². The van der Waals surface area contributed by atoms with Gasteiger partial charge in [0, 0.05) is 6.42 Å². The zero-order valence-corrected chi connectivity index (χ0v) is 48.7. The van der Waals surface area contributed by atoms with Crippen LogP contribution >= 0.6 is 7.82 Å². The fourth-order valence-electron chi connectivity index (χ4n) is 9.63. The lowest BCUT2D eigenvalue weighted by Gasteiger charge is -2.26. The van der Waals surface area contributed by atoms with Gasteiger partial charge < -0.3 is 19.8 Å². The maximum atomic E-state index is 13.0. The first-order valence-corrected chi connectivity index (χ1v) is 32.5. The Morgan fingerprint density at radius 3 is 1.10 bits per heavy atom. The fraction of sp³-hybridized carbons (Fsp3) is 0.951. The first-order valence-electron chi connectivity index (χ1n) is 31.1. The number of rotatable bonds is 58. The zero-order chi connectivity index (χ0) is 51.3. The molecule has 0 fully saturated rings. The normalized spacial score (nSPS) is 13.9. The predicted octanol–water partition coefficient (Wildman–Crippen LogP) is 19.0. The van der Waals surface area contributed by atoms with Crippen molar-refractivity contribution in [2.24, 2.45) is 0 Å². The van der Waals surface area contributed by atoms with Crippen LogP contribution in [0.3, 0.4) is 0 Å². The Balaban J connectivity index is 4.09. The second-order valence-corrected chi connectivity index (χ2v) is 24.2. The maximum Gasteiger partial charge on any atom is 0.472 e. The Labute approximate surface area is 437 Å². The molecule has 1 amide bonds. The topological polar surface area (TPSA) is 105 Å². The molecule has 0 spiro atoms. The molecule has 3 N–H and O–H groups in total. The molecule has 0 saturated heterocycles. The smallest absolute Gasteiger partial charge is 0.391 e. The molecule has 0 aliphatic rings. The summed E-state index contributed by atoms with van der Waals surface area (Å²) in [6, 6.07) is -0.759. The van der Waals surface area contributed by atoms with Gasteiger partial charge in [0.25, 0.3) is 0 Å². The molecule has 70 heavy (non-hydrogen) atoms. The van der Waals surface area contributed by atoms with Gasteiger partial charge in [0.05, 0.1) is 39.9 Å². The van der Waals surface area contributed by atoms with Crippen LogP contribution in [-0.2, 0) is 18.4 Å². The molecule has 0 aliphatic heterocycles. The van der Waals surface area contributed by atoms with Gasteiger partial charge in [0.1, 0.15) is 13.2 Å². The fourth-order valence-corrected chi connectivity index (χ4v) is 10.4. The van der Waals surface area contributed by atoms with E-state index in [4.69, 9.17) is 9.05 Å². The Hall–Kier alpha value is -0.760. The standard InChI is InChI=1S/C61H123N2O6P/c1-6-8-10-12-14-16-18-20-22-24-26-28-29-30-31-32-33-35-37-39-41-43-45-47-49-51-53-55-61(65)62-59(58-69-70(66,67)68-57-56-63(3,4)5)60(64)54-52-50-48-46-44-42-40-38-36-34-27-25-23-21-19-17-15-13-11-9-7-2/h30-31,59-60,64H,6-29,32-58H2,1-5H3,(H-,62,65,66,67)/p+1/b31-30-. The van der Waals surface area contributed by atoms with Gasteiger partial charge in [-0.3, -0.25) is 13.8 Å². The monoisotopic (exact) mass is 1010 g/mol. The van der Waals surface area contributed by atoms with Crippen molar-refractivity contribution < 1.29 is 32.9 Å². The second-order valence-electron chi connectivity index (χ2n) is 22.8. The number of amides is 1. The van der Waals surface area contributed by atoms with Gasteiger partial charge in [0.2, 0.25) is 5.91 Å². The third-order valence-electron chi connectivity index (χ3n) is 14.5. The van der Waals surface area contributed by atoms with Crippen molar-refractivity contribution in [1.29, 1.82) is 0 Å². The molecule has 0 radical (unpaired) electrons. The summed E-state index contributed by atoms with van der Waals surface area (Å²) >= 11 is 0. The zero-order valence-electron chi connectivity index (χ0n) is 47.8. The van der Waals surface area contributed by atoms with E-state index in [2.05, 4.69) is 31.3 Å². The average molecular weight is 1010 g/mol. The number of allylic oxidation sites excluding steroid dienone is 2. The van der Waals surface area contributed by atoms with Gasteiger partial charge in [-0.15, -0.1) is 0 Å². The van der Waals surface area contributed by atoms with Crippen molar-refractivity contribution in [1.82, 2.24) is 5.32 Å². The highest BCUT2D eigenvalue weighted by Gasteiger charge is 2.28. The molecule has 0 aromatic rings. The largest absolute Gasteiger partial charge is 0.472 e. The van der Waals surface area contributed by atoms with E-state index in [9.17, 15) is 19.4 Å². The molecule has 418 valence electrons. The minimum absolute atomic E-state index is 0.0773. The lowest BCUT2D eigenvalue weighted by Crippen LogP contribution is -2.46. The Bertz CT molecular complexity index is 1150. The van der Waals surface area contributed by atoms with Crippen LogP contribution in [0.4, 0.5) is 0 Å². The Morgan fingerprint density at radius 2 is 0.771 bits per heavy atom. The molecule has 9 heteroatoms. The number of unbranched alkanes of at least 4 members (excludes halogenated alkanes) is 43. The van der Waals surface area contributed by atoms with E-state index in [1.807, 2.05) is 21.1 Å². The summed E-state index contributed by atoms with van der Waals surface area (Å²) in [7, 11) is 1.63. The van der Waals surface area contributed by atoms with E-state index in [0.29, 0.717) is 23.9 Å². The molecule has 0 heterocycles. The predicted molar refractivity (Wildman–Crippen MR) is 305 cm³/mol. The van der Waals surface area contributed by atoms with Crippen LogP contribution in [0.5, 0.6) is 0 Å². The van der Waals surface area contributed by atoms with E-state index >= 15 is 0 Å². The summed E-state index contributed by atoms with van der Waals surface area (Å²) in [5.74, 6) is -0.139. The Kier molecular flexibility index (Phi) is 52.5. The first-order chi connectivity index (χ1) is 34.0. The number of hydrogen-bond donors (Lipinski definition) is 3. The molecule has 0 saturated carbocycles. The van der Waals surface area contributed by atoms with Crippen LogP contribution in [0, 0.1) is 0 Å². The molecule has 0 rings (SSSR count). The number of quaternary nitrogens is 1. The summed E-state index contributed by atoms with van der Waals surface area (Å²) in [6.07, 6.45) is 65.6. The van der Waals surface area contributed by atoms with Gasteiger partial charge in [0.15, 0.2) is 0 Å². The summed E-state index contributed by atoms with van der Waals surface area (Å²) in [6.45, 7) is 4.94. The summed E-state index contributed by atoms with van der Waals surface area (Å²) < 4.78 is 23.8. The highest BCUT2D eigenvalue weighted by atomic mass is 31.2. The van der Waals surface area contributed by atoms with E-state index < -0.39 is 20.0 Å². The highest BCUT2D eigenvalue weighted by Crippen LogP contribution is 2.43. The van der Waals surface area contributed by atoms with Crippen LogP contribution in [0.15, 0.2) is 12.2 Å². The number of aliphatic hydroxyl groups excluding tert-OH is 1. The molecular formula is C61H124N2O6P+. The minimum Gasteiger partial charge on any atom is -0.391 e. The van der Waals surface area contributed by atoms with Crippen molar-refractivity contribution in [2.75, 3.05) is 40.9 Å². The second kappa shape index (κ2) is 53.1. The van der Waals surface area contributed by atoms with Crippen molar-refractivity contribution >= 4 is 13.7 Å². The third kappa shape index (κ3) is 55.0. The molecular weight excluding hydrogens is 888 g/mol. The molecule has 0 aliphatic carbocycles. The molecule has 0 aromatic heterocycles. The summed E-state index contributed by atoms with van der Waals surface area (Å²) in [4.78, 5) is 23.4. The first kappa shape index (κ1) is 69.2. The quantitative estimate of drug-likeness (QED) is 0.0243. The van der Waals surface area contributed by atoms with Gasteiger partial charge in [-0.25, -0.2) is 4.57 Å². The third-order valence-corrected chi connectivity index (χ3v) is 15.5. The lowest BCUT2D eigenvalue weighted by atomic mass is 10.0. The van der Waals surface area contributed by atoms with Crippen molar-refractivity contribution in [3.63, 3.8) is 0 Å². The Morgan fingerprint density at radius 1 is 0.471 bits per heavy atom. The van der Waals surface area contributed by atoms with Crippen molar-refractivity contribution in [2.45, 2.75) is 334 Å². The number of aliphatic hydroxyl groups is 1. The van der Waals surface area contributed by atoms with Crippen molar-refractivity contribution in [3.05, 3.63) is 12.2 Å². The molecule has 0 bridgehead atoms.